The van der Waals surface area contributed by atoms with Crippen LogP contribution in [0.1, 0.15) is 5.69 Å². The van der Waals surface area contributed by atoms with Crippen molar-refractivity contribution in [1.82, 2.24) is 19.7 Å². The average molecular weight is 260 g/mol. The van der Waals surface area contributed by atoms with E-state index in [9.17, 15) is 0 Å². The van der Waals surface area contributed by atoms with E-state index in [1.54, 1.807) is 17.5 Å². The van der Waals surface area contributed by atoms with Gasteiger partial charge in [-0.3, -0.25) is 4.68 Å². The number of nitrogens with one attached hydrogen (secondary N) is 1. The minimum absolute atomic E-state index is 0.286. The third kappa shape index (κ3) is 1.88. The molecule has 0 unspecified atom stereocenters. The molecule has 18 heavy (non-hydrogen) atoms. The van der Waals surface area contributed by atoms with Crippen molar-refractivity contribution in [3.63, 3.8) is 0 Å². The fourth-order valence-electron chi connectivity index (χ4n) is 1.75. The van der Waals surface area contributed by atoms with Gasteiger partial charge in [0, 0.05) is 13.2 Å². The monoisotopic (exact) mass is 260 g/mol. The number of nitrogens with zero attached hydrogens (tertiary/aromatic N) is 4. The maximum Gasteiger partial charge on any atom is 0.222 e. The molecule has 0 atom stereocenters. The van der Waals surface area contributed by atoms with Gasteiger partial charge in [0.15, 0.2) is 0 Å². The zero-order valence-corrected chi connectivity index (χ0v) is 10.6. The molecule has 3 heterocycles. The number of thiophene rings is 1. The van der Waals surface area contributed by atoms with Crippen molar-refractivity contribution in [3.05, 3.63) is 29.4 Å². The van der Waals surface area contributed by atoms with Gasteiger partial charge in [0.05, 0.1) is 22.5 Å². The number of hydrogen-bond acceptors (Lipinski definition) is 6. The first-order valence-electron chi connectivity index (χ1n) is 5.45. The minimum atomic E-state index is 0.286. The standard InChI is InChI=1S/C11H12N6S/c1-17-7(2-4-14-17)6-13-10-9-8(3-5-18-9)15-11(12)16-10/h2-5H,6H2,1H3,(H3,12,13,15,16). The maximum absolute atomic E-state index is 5.69. The molecular formula is C11H12N6S. The molecule has 0 aliphatic heterocycles. The summed E-state index contributed by atoms with van der Waals surface area (Å²) < 4.78 is 2.84. The molecule has 0 aliphatic carbocycles. The first-order valence-corrected chi connectivity index (χ1v) is 6.33. The molecular weight excluding hydrogens is 248 g/mol. The number of rotatable bonds is 3. The van der Waals surface area contributed by atoms with Crippen LogP contribution in [0.3, 0.4) is 0 Å². The molecule has 3 rings (SSSR count). The van der Waals surface area contributed by atoms with Crippen molar-refractivity contribution in [2.45, 2.75) is 6.54 Å². The molecule has 0 amide bonds. The van der Waals surface area contributed by atoms with E-state index in [4.69, 9.17) is 5.73 Å². The third-order valence-electron chi connectivity index (χ3n) is 2.68. The van der Waals surface area contributed by atoms with Gasteiger partial charge in [-0.2, -0.15) is 10.1 Å². The smallest absolute Gasteiger partial charge is 0.222 e. The Balaban J connectivity index is 1.90. The summed E-state index contributed by atoms with van der Waals surface area (Å²) in [5.74, 6) is 1.06. The van der Waals surface area contributed by atoms with Crippen molar-refractivity contribution in [2.24, 2.45) is 7.05 Å². The van der Waals surface area contributed by atoms with Crippen LogP contribution in [0.5, 0.6) is 0 Å². The molecule has 0 radical (unpaired) electrons. The molecule has 0 saturated carbocycles. The van der Waals surface area contributed by atoms with Crippen LogP contribution >= 0.6 is 11.3 Å². The van der Waals surface area contributed by atoms with E-state index in [2.05, 4.69) is 20.4 Å². The lowest BCUT2D eigenvalue weighted by Gasteiger charge is -2.07. The summed E-state index contributed by atoms with van der Waals surface area (Å²) in [7, 11) is 1.91. The van der Waals surface area contributed by atoms with E-state index in [-0.39, 0.29) is 5.95 Å². The zero-order valence-electron chi connectivity index (χ0n) is 9.79. The fourth-order valence-corrected chi connectivity index (χ4v) is 2.55. The Kier molecular flexibility index (Phi) is 2.60. The molecule has 3 aromatic rings. The molecule has 0 spiro atoms. The molecule has 0 aliphatic rings. The minimum Gasteiger partial charge on any atom is -0.368 e. The molecule has 92 valence electrons. The number of aryl methyl sites for hydroxylation is 1. The van der Waals surface area contributed by atoms with Crippen LogP contribution in [0.2, 0.25) is 0 Å². The van der Waals surface area contributed by atoms with Crippen molar-refractivity contribution in [3.8, 4) is 0 Å². The van der Waals surface area contributed by atoms with Gasteiger partial charge in [-0.15, -0.1) is 11.3 Å². The largest absolute Gasteiger partial charge is 0.368 e. The molecule has 0 saturated heterocycles. The van der Waals surface area contributed by atoms with Gasteiger partial charge in [0.2, 0.25) is 5.95 Å². The number of hydrogen-bond donors (Lipinski definition) is 2. The van der Waals surface area contributed by atoms with Gasteiger partial charge < -0.3 is 11.1 Å². The molecule has 0 aromatic carbocycles. The molecule has 0 bridgehead atoms. The lowest BCUT2D eigenvalue weighted by atomic mass is 10.4. The van der Waals surface area contributed by atoms with Gasteiger partial charge >= 0.3 is 0 Å². The Labute approximate surface area is 107 Å². The van der Waals surface area contributed by atoms with Crippen LogP contribution < -0.4 is 11.1 Å². The van der Waals surface area contributed by atoms with Crippen LogP contribution in [0, 0.1) is 0 Å². The van der Waals surface area contributed by atoms with E-state index in [0.717, 1.165) is 21.7 Å². The maximum atomic E-state index is 5.69. The van der Waals surface area contributed by atoms with Gasteiger partial charge in [-0.1, -0.05) is 0 Å². The number of nitrogen functional groups attached to an aromatic ring is 1. The lowest BCUT2D eigenvalue weighted by molar-refractivity contribution is 0.720. The zero-order chi connectivity index (χ0) is 12.5. The SMILES string of the molecule is Cn1nccc1CNc1nc(N)nc2ccsc12. The first-order chi connectivity index (χ1) is 8.74. The average Bonchev–Trinajstić information content (AvgIpc) is 2.94. The summed E-state index contributed by atoms with van der Waals surface area (Å²) >= 11 is 1.60. The predicted octanol–water partition coefficient (Wildman–Crippen LogP) is 1.62. The van der Waals surface area contributed by atoms with Crippen LogP contribution in [0.15, 0.2) is 23.7 Å². The first kappa shape index (κ1) is 11.0. The van der Waals surface area contributed by atoms with Crippen LogP contribution in [-0.2, 0) is 13.6 Å². The summed E-state index contributed by atoms with van der Waals surface area (Å²) in [5.41, 5.74) is 7.64. The molecule has 3 aromatic heterocycles. The third-order valence-corrected chi connectivity index (χ3v) is 3.59. The Hall–Kier alpha value is -2.15. The molecule has 6 nitrogen and oxygen atoms in total. The van der Waals surface area contributed by atoms with Crippen LogP contribution in [0.25, 0.3) is 10.2 Å². The second kappa shape index (κ2) is 4.26. The van der Waals surface area contributed by atoms with E-state index >= 15 is 0 Å². The highest BCUT2D eigenvalue weighted by atomic mass is 32.1. The van der Waals surface area contributed by atoms with Crippen molar-refractivity contribution < 1.29 is 0 Å². The number of nitrogens with two attached hydrogens (primary N) is 1. The van der Waals surface area contributed by atoms with E-state index in [1.165, 1.54) is 0 Å². The molecule has 0 fully saturated rings. The van der Waals surface area contributed by atoms with Crippen molar-refractivity contribution >= 4 is 33.3 Å². The summed E-state index contributed by atoms with van der Waals surface area (Å²) in [5, 5.41) is 9.38. The highest BCUT2D eigenvalue weighted by Crippen LogP contribution is 2.26. The number of aromatic nitrogens is 4. The van der Waals surface area contributed by atoms with E-state index < -0.39 is 0 Å². The Morgan fingerprint density at radius 2 is 2.28 bits per heavy atom. The number of fused-ring (bicyclic) bond motifs is 1. The van der Waals surface area contributed by atoms with Crippen LogP contribution in [-0.4, -0.2) is 19.7 Å². The van der Waals surface area contributed by atoms with Gasteiger partial charge in [0.25, 0.3) is 0 Å². The second-order valence-corrected chi connectivity index (χ2v) is 4.78. The topological polar surface area (TPSA) is 81.7 Å². The quantitative estimate of drug-likeness (QED) is 0.748. The normalized spacial score (nSPS) is 10.9. The lowest BCUT2D eigenvalue weighted by Crippen LogP contribution is -2.08. The fraction of sp³-hybridized carbons (Fsp3) is 0.182. The van der Waals surface area contributed by atoms with Crippen molar-refractivity contribution in [2.75, 3.05) is 11.1 Å². The second-order valence-electron chi connectivity index (χ2n) is 3.87. The summed E-state index contributed by atoms with van der Waals surface area (Å²) in [6, 6.07) is 3.90. The van der Waals surface area contributed by atoms with E-state index in [1.807, 2.05) is 29.2 Å². The Morgan fingerprint density at radius 3 is 3.06 bits per heavy atom. The predicted molar refractivity (Wildman–Crippen MR) is 72.4 cm³/mol. The summed E-state index contributed by atoms with van der Waals surface area (Å²) in [4.78, 5) is 8.42. The Bertz CT molecular complexity index is 686. The summed E-state index contributed by atoms with van der Waals surface area (Å²) in [6.07, 6.45) is 1.77. The van der Waals surface area contributed by atoms with Gasteiger partial charge in [-0.05, 0) is 17.5 Å². The van der Waals surface area contributed by atoms with Crippen molar-refractivity contribution in [1.29, 1.82) is 0 Å². The van der Waals surface area contributed by atoms with Gasteiger partial charge in [-0.25, -0.2) is 4.98 Å². The highest BCUT2D eigenvalue weighted by molar-refractivity contribution is 7.17. The number of anilines is 2. The Morgan fingerprint density at radius 1 is 1.39 bits per heavy atom. The van der Waals surface area contributed by atoms with Gasteiger partial charge in [0.1, 0.15) is 5.82 Å². The summed E-state index contributed by atoms with van der Waals surface area (Å²) in [6.45, 7) is 0.653. The highest BCUT2D eigenvalue weighted by Gasteiger charge is 2.07. The van der Waals surface area contributed by atoms with E-state index in [0.29, 0.717) is 6.54 Å². The van der Waals surface area contributed by atoms with Crippen LogP contribution in [0.4, 0.5) is 11.8 Å². The molecule has 3 N–H and O–H groups in total. The molecule has 7 heteroatoms.